The maximum absolute atomic E-state index is 12.9. The molecule has 3 nitrogen and oxygen atoms in total. The number of Topliss-reactive ketones (excluding diaryl/α,β-unsaturated/α-hetero) is 1. The third-order valence-corrected chi connectivity index (χ3v) is 5.35. The molecule has 5 unspecified atom stereocenters. The highest BCUT2D eigenvalue weighted by Gasteiger charge is 2.50. The smallest absolute Gasteiger partial charge is 0.388 e. The van der Waals surface area contributed by atoms with Crippen molar-refractivity contribution in [1.82, 2.24) is 0 Å². The Hall–Kier alpha value is -0.650. The van der Waals surface area contributed by atoms with E-state index in [1.54, 1.807) is 0 Å². The standard InChI is InChI=1S/C14H18F2O3S/c15-14(16,20)13(18)19-11-6-9-5-8-4-7(11)2-1-3-10(8)12(9)17/h7-11,20H,1-6H2. The number of carbonyl (C=O) groups excluding carboxylic acids is 2. The average Bonchev–Trinajstić information content (AvgIpc) is 2.56. The number of hydrogen-bond donors (Lipinski definition) is 1. The van der Waals surface area contributed by atoms with E-state index in [2.05, 4.69) is 12.6 Å². The van der Waals surface area contributed by atoms with Crippen molar-refractivity contribution in [2.75, 3.05) is 0 Å². The van der Waals surface area contributed by atoms with Gasteiger partial charge in [-0.15, -0.1) is 0 Å². The molecule has 0 saturated heterocycles. The normalized spacial score (nSPS) is 40.4. The molecular weight excluding hydrogens is 286 g/mol. The van der Waals surface area contributed by atoms with Crippen molar-refractivity contribution >= 4 is 24.4 Å². The first kappa shape index (κ1) is 14.3. The molecule has 20 heavy (non-hydrogen) atoms. The van der Waals surface area contributed by atoms with Crippen LogP contribution in [0.1, 0.15) is 38.5 Å². The molecule has 0 N–H and O–H groups in total. The molecule has 112 valence electrons. The number of fused-ring (bicyclic) bond motifs is 2. The summed E-state index contributed by atoms with van der Waals surface area (Å²) in [6.07, 6.45) is 4.18. The Balaban J connectivity index is 1.79. The van der Waals surface area contributed by atoms with Gasteiger partial charge in [0.05, 0.1) is 0 Å². The van der Waals surface area contributed by atoms with Gasteiger partial charge in [-0.3, -0.25) is 4.79 Å². The molecule has 0 aromatic heterocycles. The first-order valence-electron chi connectivity index (χ1n) is 7.21. The van der Waals surface area contributed by atoms with E-state index in [0.717, 1.165) is 32.1 Å². The molecule has 0 heterocycles. The molecule has 3 fully saturated rings. The van der Waals surface area contributed by atoms with E-state index in [-0.39, 0.29) is 23.5 Å². The summed E-state index contributed by atoms with van der Waals surface area (Å²) in [5.41, 5.74) is 0. The topological polar surface area (TPSA) is 43.4 Å². The van der Waals surface area contributed by atoms with Crippen molar-refractivity contribution in [3.05, 3.63) is 0 Å². The van der Waals surface area contributed by atoms with E-state index in [4.69, 9.17) is 4.74 Å². The number of ketones is 1. The summed E-state index contributed by atoms with van der Waals surface area (Å²) in [7, 11) is 0. The van der Waals surface area contributed by atoms with Gasteiger partial charge in [0.2, 0.25) is 0 Å². The van der Waals surface area contributed by atoms with Gasteiger partial charge in [0.15, 0.2) is 0 Å². The largest absolute Gasteiger partial charge is 0.457 e. The molecule has 3 bridgehead atoms. The fourth-order valence-electron chi connectivity index (χ4n) is 4.30. The molecule has 3 aliphatic rings. The molecule has 3 rings (SSSR count). The average molecular weight is 304 g/mol. The van der Waals surface area contributed by atoms with Crippen LogP contribution >= 0.6 is 12.6 Å². The Morgan fingerprint density at radius 2 is 1.95 bits per heavy atom. The molecule has 0 aromatic carbocycles. The summed E-state index contributed by atoms with van der Waals surface area (Å²) in [6.45, 7) is 0. The van der Waals surface area contributed by atoms with E-state index in [1.807, 2.05) is 0 Å². The van der Waals surface area contributed by atoms with Crippen molar-refractivity contribution in [3.8, 4) is 0 Å². The van der Waals surface area contributed by atoms with E-state index < -0.39 is 17.3 Å². The predicted molar refractivity (Wildman–Crippen MR) is 70.5 cm³/mol. The highest BCUT2D eigenvalue weighted by molar-refractivity contribution is 7.82. The summed E-state index contributed by atoms with van der Waals surface area (Å²) >= 11 is 2.96. The van der Waals surface area contributed by atoms with Crippen molar-refractivity contribution in [1.29, 1.82) is 0 Å². The van der Waals surface area contributed by atoms with Crippen LogP contribution in [0, 0.1) is 23.7 Å². The lowest BCUT2D eigenvalue weighted by molar-refractivity contribution is -0.170. The Morgan fingerprint density at radius 1 is 1.20 bits per heavy atom. The number of esters is 1. The summed E-state index contributed by atoms with van der Waals surface area (Å²) in [5, 5.41) is -3.76. The van der Waals surface area contributed by atoms with Gasteiger partial charge in [-0.25, -0.2) is 4.79 Å². The van der Waals surface area contributed by atoms with Gasteiger partial charge in [0.25, 0.3) is 0 Å². The number of thiol groups is 1. The molecule has 0 amide bonds. The second kappa shape index (κ2) is 4.97. The minimum Gasteiger partial charge on any atom is -0.457 e. The zero-order valence-corrected chi connectivity index (χ0v) is 12.0. The molecular formula is C14H18F2O3S. The number of rotatable bonds is 2. The lowest BCUT2D eigenvalue weighted by Crippen LogP contribution is -2.35. The van der Waals surface area contributed by atoms with Crippen LogP contribution in [-0.4, -0.2) is 23.1 Å². The molecule has 0 spiro atoms. The monoisotopic (exact) mass is 304 g/mol. The van der Waals surface area contributed by atoms with E-state index >= 15 is 0 Å². The fourth-order valence-corrected chi connectivity index (χ4v) is 4.35. The fraction of sp³-hybridized carbons (Fsp3) is 0.857. The van der Waals surface area contributed by atoms with Crippen LogP contribution in [0.4, 0.5) is 8.78 Å². The minimum atomic E-state index is -3.76. The molecule has 5 atom stereocenters. The van der Waals surface area contributed by atoms with Crippen LogP contribution in [0.5, 0.6) is 0 Å². The van der Waals surface area contributed by atoms with Crippen LogP contribution in [0.15, 0.2) is 0 Å². The van der Waals surface area contributed by atoms with Crippen molar-refractivity contribution in [2.24, 2.45) is 23.7 Å². The van der Waals surface area contributed by atoms with Gasteiger partial charge in [-0.1, -0.05) is 19.0 Å². The van der Waals surface area contributed by atoms with Gasteiger partial charge in [-0.05, 0) is 43.9 Å². The highest BCUT2D eigenvalue weighted by atomic mass is 32.1. The number of hydrogen-bond acceptors (Lipinski definition) is 4. The molecule has 0 radical (unpaired) electrons. The zero-order chi connectivity index (χ0) is 14.5. The molecule has 3 saturated carbocycles. The van der Waals surface area contributed by atoms with Crippen LogP contribution in [0.2, 0.25) is 0 Å². The van der Waals surface area contributed by atoms with Crippen molar-refractivity contribution < 1.29 is 23.1 Å². The van der Waals surface area contributed by atoms with Gasteiger partial charge in [-0.2, -0.15) is 8.78 Å². The Labute approximate surface area is 121 Å². The first-order chi connectivity index (χ1) is 9.36. The van der Waals surface area contributed by atoms with Gasteiger partial charge in [0, 0.05) is 11.8 Å². The van der Waals surface area contributed by atoms with Crippen LogP contribution in [0.3, 0.4) is 0 Å². The maximum atomic E-state index is 12.9. The van der Waals surface area contributed by atoms with Crippen molar-refractivity contribution in [3.63, 3.8) is 0 Å². The SMILES string of the molecule is O=C1C2CC3CC(CCCC13)C(OC(=O)C(F)(F)S)C2. The summed E-state index contributed by atoms with van der Waals surface area (Å²) in [4.78, 5) is 23.6. The maximum Gasteiger partial charge on any atom is 0.388 e. The second-order valence-electron chi connectivity index (χ2n) is 6.35. The summed E-state index contributed by atoms with van der Waals surface area (Å²) in [6, 6.07) is 0. The zero-order valence-electron chi connectivity index (χ0n) is 11.1. The number of halogens is 2. The Morgan fingerprint density at radius 3 is 2.65 bits per heavy atom. The van der Waals surface area contributed by atoms with Crippen LogP contribution in [0.25, 0.3) is 0 Å². The molecule has 6 heteroatoms. The number of carbonyl (C=O) groups is 2. The lowest BCUT2D eigenvalue weighted by atomic mass is 9.84. The van der Waals surface area contributed by atoms with E-state index in [1.165, 1.54) is 0 Å². The summed E-state index contributed by atoms with van der Waals surface area (Å²) in [5.74, 6) is -0.804. The Bertz CT molecular complexity index is 435. The lowest BCUT2D eigenvalue weighted by Gasteiger charge is -2.28. The van der Waals surface area contributed by atoms with Gasteiger partial charge >= 0.3 is 11.2 Å². The van der Waals surface area contributed by atoms with E-state index in [0.29, 0.717) is 12.3 Å². The van der Waals surface area contributed by atoms with Crippen LogP contribution in [-0.2, 0) is 14.3 Å². The third kappa shape index (κ3) is 2.47. The number of ether oxygens (including phenoxy) is 1. The van der Waals surface area contributed by atoms with Crippen molar-refractivity contribution in [2.45, 2.75) is 49.9 Å². The predicted octanol–water partition coefficient (Wildman–Crippen LogP) is 2.84. The molecule has 0 aliphatic heterocycles. The summed E-state index contributed by atoms with van der Waals surface area (Å²) < 4.78 is 30.8. The first-order valence-corrected chi connectivity index (χ1v) is 7.66. The molecule has 0 aromatic rings. The third-order valence-electron chi connectivity index (χ3n) is 5.17. The second-order valence-corrected chi connectivity index (χ2v) is 6.91. The Kier molecular flexibility index (Phi) is 3.55. The van der Waals surface area contributed by atoms with E-state index in [9.17, 15) is 18.4 Å². The van der Waals surface area contributed by atoms with Gasteiger partial charge < -0.3 is 4.74 Å². The van der Waals surface area contributed by atoms with Gasteiger partial charge in [0.1, 0.15) is 11.9 Å². The number of alkyl halides is 2. The molecule has 3 aliphatic carbocycles. The minimum absolute atomic E-state index is 0.112. The quantitative estimate of drug-likeness (QED) is 0.630. The highest BCUT2D eigenvalue weighted by Crippen LogP contribution is 2.50. The van der Waals surface area contributed by atoms with Crippen LogP contribution < -0.4 is 0 Å².